The highest BCUT2D eigenvalue weighted by Crippen LogP contribution is 2.44. The molecule has 0 fully saturated rings. The Morgan fingerprint density at radius 1 is 0.412 bits per heavy atom. The third-order valence-corrected chi connectivity index (χ3v) is 11.3. The zero-order valence-corrected chi connectivity index (χ0v) is 28.2. The maximum atomic E-state index is 5.38. The number of nitrogens with zero attached hydrogens (tertiary/aromatic N) is 4. The highest BCUT2D eigenvalue weighted by molar-refractivity contribution is 7.26. The molecule has 0 aliphatic carbocycles. The summed E-state index contributed by atoms with van der Waals surface area (Å²) >= 11 is 1.84. The Morgan fingerprint density at radius 3 is 1.76 bits per heavy atom. The Hall–Kier alpha value is -6.56. The summed E-state index contributed by atoms with van der Waals surface area (Å²) in [4.78, 5) is 10.5. The molecule has 0 aliphatic heterocycles. The van der Waals surface area contributed by atoms with Crippen molar-refractivity contribution in [2.45, 2.75) is 0 Å². The molecule has 4 aromatic heterocycles. The van der Waals surface area contributed by atoms with E-state index in [4.69, 9.17) is 9.97 Å². The quantitative estimate of drug-likeness (QED) is 0.187. The smallest absolute Gasteiger partial charge is 0.162 e. The molecule has 0 saturated carbocycles. The number of aromatic nitrogens is 4. The molecular formula is C46H28N4S. The van der Waals surface area contributed by atoms with E-state index in [0.29, 0.717) is 5.82 Å². The first-order valence-corrected chi connectivity index (χ1v) is 18.0. The Labute approximate surface area is 297 Å². The van der Waals surface area contributed by atoms with Crippen molar-refractivity contribution in [3.8, 4) is 34.2 Å². The molecule has 0 aliphatic rings. The van der Waals surface area contributed by atoms with E-state index in [2.05, 4.69) is 155 Å². The fourth-order valence-electron chi connectivity index (χ4n) is 7.90. The van der Waals surface area contributed by atoms with E-state index in [1.54, 1.807) is 0 Å². The number of thiophene rings is 1. The Morgan fingerprint density at radius 2 is 1.02 bits per heavy atom. The van der Waals surface area contributed by atoms with Crippen LogP contribution in [0.25, 0.3) is 97.9 Å². The van der Waals surface area contributed by atoms with Crippen LogP contribution in [0.15, 0.2) is 170 Å². The average molecular weight is 669 g/mol. The van der Waals surface area contributed by atoms with Crippen molar-refractivity contribution < 1.29 is 0 Å². The van der Waals surface area contributed by atoms with Crippen molar-refractivity contribution in [2.75, 3.05) is 0 Å². The fraction of sp³-hybridized carbons (Fsp3) is 0. The van der Waals surface area contributed by atoms with Crippen LogP contribution in [-0.2, 0) is 0 Å². The summed E-state index contributed by atoms with van der Waals surface area (Å²) in [6.45, 7) is 0. The number of hydrogen-bond donors (Lipinski definition) is 0. The van der Waals surface area contributed by atoms with Crippen LogP contribution < -0.4 is 0 Å². The molecule has 0 amide bonds. The van der Waals surface area contributed by atoms with Gasteiger partial charge in [-0.3, -0.25) is 4.57 Å². The first kappa shape index (κ1) is 28.3. The summed E-state index contributed by atoms with van der Waals surface area (Å²) in [6, 6.07) is 60.5. The monoisotopic (exact) mass is 668 g/mol. The molecule has 4 heterocycles. The summed E-state index contributed by atoms with van der Waals surface area (Å²) < 4.78 is 7.33. The van der Waals surface area contributed by atoms with Crippen LogP contribution in [0.5, 0.6) is 0 Å². The van der Waals surface area contributed by atoms with Crippen LogP contribution >= 0.6 is 11.3 Å². The van der Waals surface area contributed by atoms with Crippen LogP contribution in [0, 0.1) is 0 Å². The predicted octanol–water partition coefficient (Wildman–Crippen LogP) is 12.4. The van der Waals surface area contributed by atoms with Gasteiger partial charge in [-0.15, -0.1) is 11.3 Å². The molecule has 11 aromatic rings. The second-order valence-corrected chi connectivity index (χ2v) is 14.1. The second kappa shape index (κ2) is 11.0. The van der Waals surface area contributed by atoms with Gasteiger partial charge in [-0.25, -0.2) is 9.97 Å². The summed E-state index contributed by atoms with van der Waals surface area (Å²) in [5, 5.41) is 7.40. The van der Waals surface area contributed by atoms with Gasteiger partial charge in [0.15, 0.2) is 5.82 Å². The van der Waals surface area contributed by atoms with E-state index in [1.165, 1.54) is 52.8 Å². The molecule has 238 valence electrons. The van der Waals surface area contributed by atoms with E-state index in [0.717, 1.165) is 39.4 Å². The lowest BCUT2D eigenvalue weighted by Gasteiger charge is -2.14. The van der Waals surface area contributed by atoms with Gasteiger partial charge >= 0.3 is 0 Å². The summed E-state index contributed by atoms with van der Waals surface area (Å²) in [5.74, 6) is 1.53. The number of para-hydroxylation sites is 2. The summed E-state index contributed by atoms with van der Waals surface area (Å²) in [6.07, 6.45) is 0. The number of hydrogen-bond acceptors (Lipinski definition) is 3. The van der Waals surface area contributed by atoms with Crippen LogP contribution in [0.3, 0.4) is 0 Å². The SMILES string of the molecule is c1ccc(-c2cc(-n3c4cc(-n5c6ccccc6c6ccccc65)ccc4c4ccc5sc6ccccc6c5c43)nc(-c3ccccc3)n2)cc1. The van der Waals surface area contributed by atoms with Crippen molar-refractivity contribution >= 4 is 75.1 Å². The minimum absolute atomic E-state index is 0.697. The van der Waals surface area contributed by atoms with Gasteiger partial charge in [-0.2, -0.15) is 0 Å². The minimum atomic E-state index is 0.697. The lowest BCUT2D eigenvalue weighted by molar-refractivity contribution is 1.05. The van der Waals surface area contributed by atoms with Gasteiger partial charge in [0.05, 0.1) is 27.8 Å². The zero-order valence-electron chi connectivity index (χ0n) is 27.4. The standard InChI is InChI=1S/C46H28N4S/c1-3-13-29(14-4-1)37-28-43(48-46(47-37)30-15-5-2-6-16-30)50-40-27-31(49-38-20-10-7-17-32(38)33-18-8-11-21-39(33)49)23-24-34(40)35-25-26-42-44(45(35)50)36-19-9-12-22-41(36)51-42/h1-28H. The Bertz CT molecular complexity index is 3020. The average Bonchev–Trinajstić information content (AvgIpc) is 3.86. The molecule has 7 aromatic carbocycles. The van der Waals surface area contributed by atoms with E-state index < -0.39 is 0 Å². The van der Waals surface area contributed by atoms with E-state index in [9.17, 15) is 0 Å². The Balaban J connectivity index is 1.30. The van der Waals surface area contributed by atoms with E-state index in [-0.39, 0.29) is 0 Å². The Kier molecular flexibility index (Phi) is 6.09. The van der Waals surface area contributed by atoms with Gasteiger partial charge in [0.1, 0.15) is 5.82 Å². The topological polar surface area (TPSA) is 35.6 Å². The molecule has 0 spiro atoms. The van der Waals surface area contributed by atoms with Crippen LogP contribution in [0.4, 0.5) is 0 Å². The van der Waals surface area contributed by atoms with Gasteiger partial charge in [0.2, 0.25) is 0 Å². The van der Waals surface area contributed by atoms with E-state index >= 15 is 0 Å². The zero-order chi connectivity index (χ0) is 33.5. The molecule has 4 nitrogen and oxygen atoms in total. The predicted molar refractivity (Wildman–Crippen MR) is 214 cm³/mol. The molecule has 0 bridgehead atoms. The largest absolute Gasteiger partial charge is 0.309 e. The van der Waals surface area contributed by atoms with Gasteiger partial charge in [0, 0.05) is 64.6 Å². The lowest BCUT2D eigenvalue weighted by Crippen LogP contribution is -2.03. The minimum Gasteiger partial charge on any atom is -0.309 e. The highest BCUT2D eigenvalue weighted by Gasteiger charge is 2.22. The van der Waals surface area contributed by atoms with Gasteiger partial charge in [-0.1, -0.05) is 127 Å². The molecule has 0 radical (unpaired) electrons. The molecule has 0 saturated heterocycles. The van der Waals surface area contributed by atoms with Crippen LogP contribution in [-0.4, -0.2) is 19.1 Å². The first-order chi connectivity index (χ1) is 25.3. The lowest BCUT2D eigenvalue weighted by atomic mass is 10.1. The van der Waals surface area contributed by atoms with Crippen LogP contribution in [0.1, 0.15) is 0 Å². The van der Waals surface area contributed by atoms with Crippen molar-refractivity contribution in [1.82, 2.24) is 19.1 Å². The van der Waals surface area contributed by atoms with Crippen molar-refractivity contribution in [3.63, 3.8) is 0 Å². The normalized spacial score (nSPS) is 11.9. The van der Waals surface area contributed by atoms with E-state index in [1.807, 2.05) is 35.6 Å². The molecule has 51 heavy (non-hydrogen) atoms. The maximum absolute atomic E-state index is 5.38. The highest BCUT2D eigenvalue weighted by atomic mass is 32.1. The third-order valence-electron chi connectivity index (χ3n) is 10.1. The van der Waals surface area contributed by atoms with Crippen molar-refractivity contribution in [2.24, 2.45) is 0 Å². The number of rotatable bonds is 4. The molecule has 0 unspecified atom stereocenters. The number of fused-ring (bicyclic) bond motifs is 10. The summed E-state index contributed by atoms with van der Waals surface area (Å²) in [7, 11) is 0. The summed E-state index contributed by atoms with van der Waals surface area (Å²) in [5.41, 5.74) is 8.66. The van der Waals surface area contributed by atoms with Gasteiger partial charge in [-0.05, 0) is 36.4 Å². The molecule has 11 rings (SSSR count). The maximum Gasteiger partial charge on any atom is 0.162 e. The molecular weight excluding hydrogens is 641 g/mol. The van der Waals surface area contributed by atoms with Gasteiger partial charge in [0.25, 0.3) is 0 Å². The second-order valence-electron chi connectivity index (χ2n) is 13.0. The molecule has 0 N–H and O–H groups in total. The van der Waals surface area contributed by atoms with Gasteiger partial charge < -0.3 is 4.57 Å². The first-order valence-electron chi connectivity index (χ1n) is 17.2. The fourth-order valence-corrected chi connectivity index (χ4v) is 9.01. The molecule has 5 heteroatoms. The van der Waals surface area contributed by atoms with Crippen LogP contribution in [0.2, 0.25) is 0 Å². The molecule has 0 atom stereocenters. The third kappa shape index (κ3) is 4.25. The van der Waals surface area contributed by atoms with Crippen molar-refractivity contribution in [3.05, 3.63) is 170 Å². The van der Waals surface area contributed by atoms with Crippen molar-refractivity contribution in [1.29, 1.82) is 0 Å². The number of benzene rings is 7.